The smallest absolute Gasteiger partial charge is 0.407 e. The molecule has 1 N–H and O–H groups in total. The fourth-order valence-corrected chi connectivity index (χ4v) is 2.31. The Morgan fingerprint density at radius 1 is 1.50 bits per heavy atom. The quantitative estimate of drug-likeness (QED) is 0.896. The summed E-state index contributed by atoms with van der Waals surface area (Å²) in [6, 6.07) is 5.98. The molecule has 1 fully saturated rings. The number of likely N-dealkylation sites (N-methyl/N-ethyl adjacent to an activating group) is 1. The third kappa shape index (κ3) is 3.84. The first kappa shape index (κ1) is 14.6. The summed E-state index contributed by atoms with van der Waals surface area (Å²) in [5, 5.41) is 8.93. The minimum absolute atomic E-state index is 0.0540. The number of nitrogens with zero attached hydrogens (tertiary/aromatic N) is 2. The average molecular weight is 282 g/mol. The molecule has 1 heterocycles. The summed E-state index contributed by atoms with van der Waals surface area (Å²) in [7, 11) is 1.60. The van der Waals surface area contributed by atoms with Gasteiger partial charge < -0.3 is 14.7 Å². The standard InChI is InChI=1S/C14H19FN2O3/c1-16(14(18)19)12-6-7-17(10-12)8-9-20-13-4-2-11(15)3-5-13/h2-5,12H,6-10H2,1H3,(H,18,19). The van der Waals surface area contributed by atoms with Crippen molar-refractivity contribution in [2.24, 2.45) is 0 Å². The summed E-state index contributed by atoms with van der Waals surface area (Å²) in [6.07, 6.45) is -0.0429. The fourth-order valence-electron chi connectivity index (χ4n) is 2.31. The molecule has 5 nitrogen and oxygen atoms in total. The monoisotopic (exact) mass is 282 g/mol. The van der Waals surface area contributed by atoms with Crippen LogP contribution in [0, 0.1) is 5.82 Å². The van der Waals surface area contributed by atoms with Crippen LogP contribution in [-0.2, 0) is 0 Å². The van der Waals surface area contributed by atoms with E-state index in [1.165, 1.54) is 17.0 Å². The molecule has 1 aliphatic heterocycles. The molecule has 20 heavy (non-hydrogen) atoms. The summed E-state index contributed by atoms with van der Waals surface area (Å²) in [5.41, 5.74) is 0. The number of hydrogen-bond acceptors (Lipinski definition) is 3. The fraction of sp³-hybridized carbons (Fsp3) is 0.500. The van der Waals surface area contributed by atoms with Crippen LogP contribution in [0.3, 0.4) is 0 Å². The van der Waals surface area contributed by atoms with E-state index in [1.54, 1.807) is 19.2 Å². The van der Waals surface area contributed by atoms with Gasteiger partial charge in [-0.3, -0.25) is 4.90 Å². The van der Waals surface area contributed by atoms with Gasteiger partial charge in [0.25, 0.3) is 0 Å². The summed E-state index contributed by atoms with van der Waals surface area (Å²) < 4.78 is 18.2. The van der Waals surface area contributed by atoms with E-state index in [1.807, 2.05) is 0 Å². The number of benzene rings is 1. The molecule has 1 atom stereocenters. The van der Waals surface area contributed by atoms with Gasteiger partial charge in [-0.25, -0.2) is 9.18 Å². The van der Waals surface area contributed by atoms with Crippen LogP contribution in [0.15, 0.2) is 24.3 Å². The highest BCUT2D eigenvalue weighted by atomic mass is 19.1. The van der Waals surface area contributed by atoms with Gasteiger partial charge in [0.2, 0.25) is 0 Å². The van der Waals surface area contributed by atoms with Crippen LogP contribution in [0.4, 0.5) is 9.18 Å². The van der Waals surface area contributed by atoms with Crippen LogP contribution in [0.2, 0.25) is 0 Å². The van der Waals surface area contributed by atoms with E-state index in [2.05, 4.69) is 4.90 Å². The Hall–Kier alpha value is -1.82. The number of ether oxygens (including phenoxy) is 1. The van der Waals surface area contributed by atoms with Crippen LogP contribution in [0.1, 0.15) is 6.42 Å². The zero-order valence-electron chi connectivity index (χ0n) is 11.5. The van der Waals surface area contributed by atoms with Gasteiger partial charge in [0, 0.05) is 32.7 Å². The molecule has 1 aliphatic rings. The van der Waals surface area contributed by atoms with E-state index in [-0.39, 0.29) is 11.9 Å². The van der Waals surface area contributed by atoms with Crippen LogP contribution < -0.4 is 4.74 Å². The molecular formula is C14H19FN2O3. The van der Waals surface area contributed by atoms with Crippen molar-refractivity contribution in [2.75, 3.05) is 33.3 Å². The lowest BCUT2D eigenvalue weighted by Crippen LogP contribution is -2.38. The average Bonchev–Trinajstić information content (AvgIpc) is 2.89. The Morgan fingerprint density at radius 2 is 2.20 bits per heavy atom. The highest BCUT2D eigenvalue weighted by molar-refractivity contribution is 5.65. The van der Waals surface area contributed by atoms with Gasteiger partial charge in [0.15, 0.2) is 0 Å². The van der Waals surface area contributed by atoms with Crippen molar-refractivity contribution in [2.45, 2.75) is 12.5 Å². The van der Waals surface area contributed by atoms with Crippen LogP contribution >= 0.6 is 0 Å². The van der Waals surface area contributed by atoms with E-state index < -0.39 is 6.09 Å². The number of halogens is 1. The Kier molecular flexibility index (Phi) is 4.79. The molecule has 6 heteroatoms. The second-order valence-electron chi connectivity index (χ2n) is 4.94. The van der Waals surface area contributed by atoms with E-state index in [9.17, 15) is 9.18 Å². The first-order valence-corrected chi connectivity index (χ1v) is 6.63. The van der Waals surface area contributed by atoms with E-state index in [4.69, 9.17) is 9.84 Å². The predicted molar refractivity (Wildman–Crippen MR) is 72.5 cm³/mol. The number of amides is 1. The molecule has 0 bridgehead atoms. The van der Waals surface area contributed by atoms with E-state index >= 15 is 0 Å². The maximum atomic E-state index is 12.7. The van der Waals surface area contributed by atoms with Gasteiger partial charge in [0.1, 0.15) is 18.2 Å². The molecule has 1 aromatic rings. The Morgan fingerprint density at radius 3 is 2.85 bits per heavy atom. The Bertz CT molecular complexity index is 452. The van der Waals surface area contributed by atoms with Crippen molar-refractivity contribution < 1.29 is 19.0 Å². The van der Waals surface area contributed by atoms with Crippen molar-refractivity contribution in [3.8, 4) is 5.75 Å². The van der Waals surface area contributed by atoms with Crippen molar-refractivity contribution in [1.82, 2.24) is 9.80 Å². The zero-order chi connectivity index (χ0) is 14.5. The minimum Gasteiger partial charge on any atom is -0.492 e. The van der Waals surface area contributed by atoms with Crippen molar-refractivity contribution in [1.29, 1.82) is 0 Å². The summed E-state index contributed by atoms with van der Waals surface area (Å²) in [5.74, 6) is 0.362. The van der Waals surface area contributed by atoms with Crippen molar-refractivity contribution >= 4 is 6.09 Å². The van der Waals surface area contributed by atoms with Gasteiger partial charge in [0.05, 0.1) is 0 Å². The molecule has 1 amide bonds. The second kappa shape index (κ2) is 6.56. The topological polar surface area (TPSA) is 53.0 Å². The third-order valence-electron chi connectivity index (χ3n) is 3.59. The van der Waals surface area contributed by atoms with Gasteiger partial charge in [-0.2, -0.15) is 0 Å². The first-order chi connectivity index (χ1) is 9.56. The lowest BCUT2D eigenvalue weighted by atomic mass is 10.2. The summed E-state index contributed by atoms with van der Waals surface area (Å²) >= 11 is 0. The maximum absolute atomic E-state index is 12.7. The molecule has 2 rings (SSSR count). The largest absolute Gasteiger partial charge is 0.492 e. The molecule has 1 unspecified atom stereocenters. The normalized spacial score (nSPS) is 19.0. The lowest BCUT2D eigenvalue weighted by molar-refractivity contribution is 0.137. The van der Waals surface area contributed by atoms with Gasteiger partial charge in [-0.15, -0.1) is 0 Å². The lowest BCUT2D eigenvalue weighted by Gasteiger charge is -2.22. The number of rotatable bonds is 5. The van der Waals surface area contributed by atoms with Crippen molar-refractivity contribution in [3.05, 3.63) is 30.1 Å². The summed E-state index contributed by atoms with van der Waals surface area (Å²) in [6.45, 7) is 2.85. The third-order valence-corrected chi connectivity index (χ3v) is 3.59. The zero-order valence-corrected chi connectivity index (χ0v) is 11.5. The van der Waals surface area contributed by atoms with E-state index in [0.717, 1.165) is 26.1 Å². The molecule has 0 saturated carbocycles. The second-order valence-corrected chi connectivity index (χ2v) is 4.94. The number of carbonyl (C=O) groups is 1. The number of likely N-dealkylation sites (tertiary alicyclic amines) is 1. The van der Waals surface area contributed by atoms with Gasteiger partial charge >= 0.3 is 6.09 Å². The molecule has 1 saturated heterocycles. The van der Waals surface area contributed by atoms with E-state index in [0.29, 0.717) is 12.4 Å². The Balaban J connectivity index is 1.71. The van der Waals surface area contributed by atoms with Crippen molar-refractivity contribution in [3.63, 3.8) is 0 Å². The molecular weight excluding hydrogens is 263 g/mol. The van der Waals surface area contributed by atoms with Crippen LogP contribution in [0.5, 0.6) is 5.75 Å². The van der Waals surface area contributed by atoms with Crippen LogP contribution in [0.25, 0.3) is 0 Å². The molecule has 0 aliphatic carbocycles. The molecule has 0 aromatic heterocycles. The highest BCUT2D eigenvalue weighted by Gasteiger charge is 2.27. The minimum atomic E-state index is -0.889. The Labute approximate surface area is 117 Å². The van der Waals surface area contributed by atoms with Crippen LogP contribution in [-0.4, -0.2) is 60.3 Å². The molecule has 1 aromatic carbocycles. The highest BCUT2D eigenvalue weighted by Crippen LogP contribution is 2.15. The van der Waals surface area contributed by atoms with Gasteiger partial charge in [-0.05, 0) is 30.7 Å². The van der Waals surface area contributed by atoms with Gasteiger partial charge in [-0.1, -0.05) is 0 Å². The molecule has 0 spiro atoms. The summed E-state index contributed by atoms with van der Waals surface area (Å²) in [4.78, 5) is 14.4. The first-order valence-electron chi connectivity index (χ1n) is 6.63. The molecule has 0 radical (unpaired) electrons. The molecule has 110 valence electrons. The number of hydrogen-bond donors (Lipinski definition) is 1. The maximum Gasteiger partial charge on any atom is 0.407 e. The number of carboxylic acid groups (broad SMARTS) is 1. The SMILES string of the molecule is CN(C(=O)O)C1CCN(CCOc2ccc(F)cc2)C1. The predicted octanol–water partition coefficient (Wildman–Crippen LogP) is 1.89.